The highest BCUT2D eigenvalue weighted by Gasteiger charge is 2.42. The van der Waals surface area contributed by atoms with Crippen LogP contribution in [-0.2, 0) is 20.8 Å². The molecule has 0 radical (unpaired) electrons. The van der Waals surface area contributed by atoms with Gasteiger partial charge in [-0.25, -0.2) is 0 Å². The number of carbonyl (C=O) groups excluding carboxylic acids is 3. The Bertz CT molecular complexity index is 1850. The Labute approximate surface area is 263 Å². The number of carbonyl (C=O) groups is 3. The SMILES string of the molecule is COc1ccc(N(C(=O)CN2C(=O)C(Cc3cccc4ccccc34)C(=O)N(c3ccccc3)c3ccccc32)C(C)C)cc1. The lowest BCUT2D eigenvalue weighted by atomic mass is 9.93. The van der Waals surface area contributed by atoms with Crippen molar-refractivity contribution in [3.63, 3.8) is 0 Å². The number of methoxy groups -OCH3 is 1. The minimum atomic E-state index is -1.07. The lowest BCUT2D eigenvalue weighted by Gasteiger charge is -2.31. The molecule has 0 fully saturated rings. The van der Waals surface area contributed by atoms with Crippen LogP contribution < -0.4 is 19.4 Å². The first-order chi connectivity index (χ1) is 21.9. The van der Waals surface area contributed by atoms with Crippen LogP contribution in [0.4, 0.5) is 22.7 Å². The fourth-order valence-corrected chi connectivity index (χ4v) is 6.12. The molecule has 1 aliphatic heterocycles. The molecule has 0 bridgehead atoms. The van der Waals surface area contributed by atoms with Gasteiger partial charge in [0.05, 0.1) is 18.5 Å². The molecular formula is C38H35N3O4. The zero-order valence-electron chi connectivity index (χ0n) is 25.6. The van der Waals surface area contributed by atoms with E-state index in [1.54, 1.807) is 35.1 Å². The molecule has 3 amide bonds. The fraction of sp³-hybridized carbons (Fsp3) is 0.184. The number of anilines is 4. The van der Waals surface area contributed by atoms with Crippen molar-refractivity contribution in [1.82, 2.24) is 0 Å². The molecule has 226 valence electrons. The molecule has 1 aliphatic rings. The van der Waals surface area contributed by atoms with E-state index in [0.29, 0.717) is 28.5 Å². The minimum Gasteiger partial charge on any atom is -0.497 e. The molecule has 45 heavy (non-hydrogen) atoms. The lowest BCUT2D eigenvalue weighted by Crippen LogP contribution is -2.48. The van der Waals surface area contributed by atoms with Gasteiger partial charge in [-0.3, -0.25) is 19.3 Å². The maximum Gasteiger partial charge on any atom is 0.247 e. The van der Waals surface area contributed by atoms with Crippen LogP contribution in [0.15, 0.2) is 121 Å². The van der Waals surface area contributed by atoms with Crippen molar-refractivity contribution < 1.29 is 19.1 Å². The summed E-state index contributed by atoms with van der Waals surface area (Å²) in [7, 11) is 1.59. The third-order valence-corrected chi connectivity index (χ3v) is 8.24. The Morgan fingerprint density at radius 3 is 2.11 bits per heavy atom. The van der Waals surface area contributed by atoms with Gasteiger partial charge in [0, 0.05) is 17.4 Å². The number of rotatable bonds is 8. The number of nitrogens with zero attached hydrogens (tertiary/aromatic N) is 3. The standard InChI is InChI=1S/C38H35N3O4/c1-26(2)40(30-20-22-31(45-3)23-21-30)36(42)25-39-34-18-9-10-19-35(34)41(29-15-5-4-6-16-29)38(44)33(37(39)43)24-28-14-11-13-27-12-7-8-17-32(27)28/h4-23,26,33H,24-25H2,1-3H3. The van der Waals surface area contributed by atoms with Crippen molar-refractivity contribution in [3.05, 3.63) is 127 Å². The van der Waals surface area contributed by atoms with E-state index in [1.165, 1.54) is 4.90 Å². The van der Waals surface area contributed by atoms with Gasteiger partial charge in [-0.1, -0.05) is 72.8 Å². The van der Waals surface area contributed by atoms with Crippen molar-refractivity contribution in [3.8, 4) is 5.75 Å². The number of ether oxygens (including phenoxy) is 1. The second-order valence-corrected chi connectivity index (χ2v) is 11.4. The summed E-state index contributed by atoms with van der Waals surface area (Å²) >= 11 is 0. The monoisotopic (exact) mass is 597 g/mol. The Balaban J connectivity index is 1.45. The van der Waals surface area contributed by atoms with E-state index in [0.717, 1.165) is 16.3 Å². The predicted molar refractivity (Wildman–Crippen MR) is 179 cm³/mol. The van der Waals surface area contributed by atoms with Crippen LogP contribution >= 0.6 is 0 Å². The van der Waals surface area contributed by atoms with Crippen LogP contribution in [0, 0.1) is 5.92 Å². The smallest absolute Gasteiger partial charge is 0.247 e. The van der Waals surface area contributed by atoms with Crippen molar-refractivity contribution >= 4 is 51.2 Å². The van der Waals surface area contributed by atoms with Crippen molar-refractivity contribution in [2.24, 2.45) is 5.92 Å². The van der Waals surface area contributed by atoms with Gasteiger partial charge in [0.1, 0.15) is 18.2 Å². The van der Waals surface area contributed by atoms with E-state index in [-0.39, 0.29) is 30.8 Å². The van der Waals surface area contributed by atoms with Crippen molar-refractivity contribution in [2.75, 3.05) is 28.4 Å². The molecule has 0 saturated heterocycles. The average Bonchev–Trinajstić information content (AvgIpc) is 3.14. The van der Waals surface area contributed by atoms with Crippen molar-refractivity contribution in [2.45, 2.75) is 26.3 Å². The third kappa shape index (κ3) is 5.77. The van der Waals surface area contributed by atoms with Crippen LogP contribution in [0.2, 0.25) is 0 Å². The molecule has 1 unspecified atom stereocenters. The summed E-state index contributed by atoms with van der Waals surface area (Å²) in [5.74, 6) is -1.39. The second-order valence-electron chi connectivity index (χ2n) is 11.4. The topological polar surface area (TPSA) is 70.2 Å². The number of hydrogen-bond acceptors (Lipinski definition) is 4. The van der Waals surface area contributed by atoms with Gasteiger partial charge in [-0.05, 0) is 85.1 Å². The van der Waals surface area contributed by atoms with E-state index in [1.807, 2.05) is 117 Å². The van der Waals surface area contributed by atoms with Gasteiger partial charge in [-0.15, -0.1) is 0 Å². The first kappa shape index (κ1) is 29.6. The Hall–Kier alpha value is -5.43. The van der Waals surface area contributed by atoms with Gasteiger partial charge in [0.2, 0.25) is 17.7 Å². The summed E-state index contributed by atoms with van der Waals surface area (Å²) in [5, 5.41) is 2.02. The molecular weight excluding hydrogens is 562 g/mol. The van der Waals surface area contributed by atoms with Crippen LogP contribution in [-0.4, -0.2) is 37.4 Å². The lowest BCUT2D eigenvalue weighted by molar-refractivity contribution is -0.132. The second kappa shape index (κ2) is 12.7. The zero-order valence-corrected chi connectivity index (χ0v) is 25.6. The maximum atomic E-state index is 14.7. The number of fused-ring (bicyclic) bond motifs is 2. The normalized spacial score (nSPS) is 14.8. The molecule has 0 aromatic heterocycles. The zero-order chi connectivity index (χ0) is 31.5. The van der Waals surface area contributed by atoms with E-state index >= 15 is 0 Å². The Morgan fingerprint density at radius 1 is 0.756 bits per heavy atom. The van der Waals surface area contributed by atoms with Crippen LogP contribution in [0.25, 0.3) is 10.8 Å². The quantitative estimate of drug-likeness (QED) is 0.178. The molecule has 5 aromatic rings. The highest BCUT2D eigenvalue weighted by Crippen LogP contribution is 2.40. The number of amides is 3. The average molecular weight is 598 g/mol. The Morgan fingerprint density at radius 2 is 1.40 bits per heavy atom. The molecule has 0 aliphatic carbocycles. The molecule has 0 spiro atoms. The highest BCUT2D eigenvalue weighted by molar-refractivity contribution is 6.21. The summed E-state index contributed by atoms with van der Waals surface area (Å²) in [6, 6.07) is 37.6. The molecule has 7 nitrogen and oxygen atoms in total. The van der Waals surface area contributed by atoms with E-state index < -0.39 is 11.8 Å². The predicted octanol–water partition coefficient (Wildman–Crippen LogP) is 7.16. The van der Waals surface area contributed by atoms with Gasteiger partial charge < -0.3 is 14.5 Å². The Kier molecular flexibility index (Phi) is 8.34. The molecule has 5 aromatic carbocycles. The number of benzene rings is 5. The largest absolute Gasteiger partial charge is 0.497 e. The molecule has 7 heteroatoms. The molecule has 1 heterocycles. The van der Waals surface area contributed by atoms with Gasteiger partial charge in [0.25, 0.3) is 0 Å². The maximum absolute atomic E-state index is 14.7. The van der Waals surface area contributed by atoms with Crippen molar-refractivity contribution in [1.29, 1.82) is 0 Å². The summed E-state index contributed by atoms with van der Waals surface area (Å²) in [6.07, 6.45) is 0.188. The third-order valence-electron chi connectivity index (χ3n) is 8.24. The molecule has 6 rings (SSSR count). The van der Waals surface area contributed by atoms with Gasteiger partial charge in [-0.2, -0.15) is 0 Å². The molecule has 0 N–H and O–H groups in total. The highest BCUT2D eigenvalue weighted by atomic mass is 16.5. The van der Waals surface area contributed by atoms with Crippen LogP contribution in [0.1, 0.15) is 19.4 Å². The van der Waals surface area contributed by atoms with Gasteiger partial charge >= 0.3 is 0 Å². The minimum absolute atomic E-state index is 0.183. The van der Waals surface area contributed by atoms with Crippen LogP contribution in [0.3, 0.4) is 0 Å². The fourth-order valence-electron chi connectivity index (χ4n) is 6.12. The molecule has 1 atom stereocenters. The van der Waals surface area contributed by atoms with E-state index in [9.17, 15) is 14.4 Å². The number of para-hydroxylation sites is 3. The molecule has 0 saturated carbocycles. The summed E-state index contributed by atoms with van der Waals surface area (Å²) in [4.78, 5) is 48.2. The first-order valence-corrected chi connectivity index (χ1v) is 15.1. The van der Waals surface area contributed by atoms with Crippen LogP contribution in [0.5, 0.6) is 5.75 Å². The first-order valence-electron chi connectivity index (χ1n) is 15.1. The summed E-state index contributed by atoms with van der Waals surface area (Å²) in [6.45, 7) is 3.64. The number of hydrogen-bond donors (Lipinski definition) is 0. The summed E-state index contributed by atoms with van der Waals surface area (Å²) < 4.78 is 5.31. The van der Waals surface area contributed by atoms with Gasteiger partial charge in [0.15, 0.2) is 0 Å². The van der Waals surface area contributed by atoms with E-state index in [2.05, 4.69) is 0 Å². The van der Waals surface area contributed by atoms with E-state index in [4.69, 9.17) is 4.74 Å². The summed E-state index contributed by atoms with van der Waals surface area (Å²) in [5.41, 5.74) is 3.30.